The highest BCUT2D eigenvalue weighted by atomic mass is 14.9. The van der Waals surface area contributed by atoms with Gasteiger partial charge >= 0.3 is 0 Å². The minimum atomic E-state index is 0.241. The van der Waals surface area contributed by atoms with Crippen molar-refractivity contribution in [3.05, 3.63) is 11.6 Å². The molecule has 0 spiro atoms. The Hall–Kier alpha value is -0.300. The average Bonchev–Trinajstić information content (AvgIpc) is 2.52. The zero-order valence-corrected chi connectivity index (χ0v) is 10.2. The maximum absolute atomic E-state index is 3.53. The predicted octanol–water partition coefficient (Wildman–Crippen LogP) is 3.51. The molecule has 0 aromatic carbocycles. The molecule has 0 aromatic heterocycles. The first-order valence-corrected chi connectivity index (χ1v) is 5.90. The quantitative estimate of drug-likeness (QED) is 0.680. The van der Waals surface area contributed by atoms with Gasteiger partial charge in [-0.3, -0.25) is 0 Å². The zero-order valence-electron chi connectivity index (χ0n) is 10.2. The van der Waals surface area contributed by atoms with Crippen molar-refractivity contribution in [1.29, 1.82) is 0 Å². The topological polar surface area (TPSA) is 12.0 Å². The zero-order chi connectivity index (χ0) is 10.6. The number of allylic oxidation sites excluding steroid dienone is 1. The third-order valence-electron chi connectivity index (χ3n) is 2.82. The fourth-order valence-electron chi connectivity index (χ4n) is 1.99. The highest BCUT2D eigenvalue weighted by molar-refractivity contribution is 5.04. The van der Waals surface area contributed by atoms with Crippen LogP contribution in [0, 0.1) is 5.92 Å². The third-order valence-corrected chi connectivity index (χ3v) is 2.82. The Bertz CT molecular complexity index is 192. The lowest BCUT2D eigenvalue weighted by molar-refractivity contribution is 0.443. The van der Waals surface area contributed by atoms with Crippen LogP contribution in [0.15, 0.2) is 11.6 Å². The van der Waals surface area contributed by atoms with E-state index in [9.17, 15) is 0 Å². The summed E-state index contributed by atoms with van der Waals surface area (Å²) >= 11 is 0. The van der Waals surface area contributed by atoms with E-state index in [0.29, 0.717) is 0 Å². The van der Waals surface area contributed by atoms with Gasteiger partial charge in [-0.1, -0.05) is 24.5 Å². The molecule has 1 heteroatoms. The van der Waals surface area contributed by atoms with Gasteiger partial charge in [0.2, 0.25) is 0 Å². The number of hydrogen-bond donors (Lipinski definition) is 1. The van der Waals surface area contributed by atoms with E-state index in [1.807, 2.05) is 0 Å². The molecule has 0 bridgehead atoms. The first-order chi connectivity index (χ1) is 6.47. The molecule has 0 aliphatic heterocycles. The van der Waals surface area contributed by atoms with E-state index >= 15 is 0 Å². The van der Waals surface area contributed by atoms with Crippen LogP contribution in [0.5, 0.6) is 0 Å². The predicted molar refractivity (Wildman–Crippen MR) is 63.5 cm³/mol. The van der Waals surface area contributed by atoms with Gasteiger partial charge in [-0.25, -0.2) is 0 Å². The molecule has 1 saturated carbocycles. The summed E-state index contributed by atoms with van der Waals surface area (Å²) in [5.41, 5.74) is 1.75. The molecule has 0 aromatic rings. The van der Waals surface area contributed by atoms with Gasteiger partial charge in [-0.15, -0.1) is 0 Å². The van der Waals surface area contributed by atoms with Crippen LogP contribution in [-0.2, 0) is 0 Å². The summed E-state index contributed by atoms with van der Waals surface area (Å²) in [6.45, 7) is 9.94. The average molecular weight is 195 g/mol. The molecule has 0 saturated heterocycles. The smallest absolute Gasteiger partial charge is 0.0166 e. The molecule has 82 valence electrons. The first-order valence-electron chi connectivity index (χ1n) is 5.90. The Labute approximate surface area is 89.0 Å². The molecule has 1 nitrogen and oxygen atoms in total. The molecular formula is C13H25N. The van der Waals surface area contributed by atoms with Crippen LogP contribution in [0.2, 0.25) is 0 Å². The van der Waals surface area contributed by atoms with Gasteiger partial charge in [0.15, 0.2) is 0 Å². The summed E-state index contributed by atoms with van der Waals surface area (Å²) in [4.78, 5) is 0. The second kappa shape index (κ2) is 4.97. The monoisotopic (exact) mass is 195 g/mol. The second-order valence-electron chi connectivity index (χ2n) is 5.66. The molecule has 0 atom stereocenters. The number of rotatable bonds is 3. The van der Waals surface area contributed by atoms with Crippen LogP contribution >= 0.6 is 0 Å². The molecule has 0 amide bonds. The van der Waals surface area contributed by atoms with Crippen LogP contribution in [-0.4, -0.2) is 12.1 Å². The molecule has 1 aliphatic carbocycles. The standard InChI is InChI=1S/C13H25N/c1-11(10-14-13(2,3)4)9-12-7-5-6-8-12/h9,12,14H,5-8,10H2,1-4H3. The molecule has 1 fully saturated rings. The van der Waals surface area contributed by atoms with Crippen molar-refractivity contribution in [3.8, 4) is 0 Å². The van der Waals surface area contributed by atoms with E-state index in [1.54, 1.807) is 0 Å². The number of nitrogens with one attached hydrogen (secondary N) is 1. The fraction of sp³-hybridized carbons (Fsp3) is 0.846. The molecule has 0 heterocycles. The molecule has 1 rings (SSSR count). The SMILES string of the molecule is CC(=CC1CCCC1)CNC(C)(C)C. The van der Waals surface area contributed by atoms with Crippen molar-refractivity contribution in [1.82, 2.24) is 5.32 Å². The van der Waals surface area contributed by atoms with Gasteiger partial charge in [-0.2, -0.15) is 0 Å². The lowest BCUT2D eigenvalue weighted by atomic mass is 10.0. The lowest BCUT2D eigenvalue weighted by Crippen LogP contribution is -2.36. The Balaban J connectivity index is 2.29. The number of hydrogen-bond acceptors (Lipinski definition) is 1. The van der Waals surface area contributed by atoms with E-state index < -0.39 is 0 Å². The molecule has 1 N–H and O–H groups in total. The van der Waals surface area contributed by atoms with Crippen molar-refractivity contribution in [3.63, 3.8) is 0 Å². The highest BCUT2D eigenvalue weighted by Gasteiger charge is 2.13. The van der Waals surface area contributed by atoms with Crippen LogP contribution < -0.4 is 5.32 Å². The summed E-state index contributed by atoms with van der Waals surface area (Å²) in [6, 6.07) is 0. The van der Waals surface area contributed by atoms with Crippen molar-refractivity contribution in [2.75, 3.05) is 6.54 Å². The lowest BCUT2D eigenvalue weighted by Gasteiger charge is -2.21. The third kappa shape index (κ3) is 4.80. The summed E-state index contributed by atoms with van der Waals surface area (Å²) in [6.07, 6.45) is 8.16. The van der Waals surface area contributed by atoms with Crippen molar-refractivity contribution < 1.29 is 0 Å². The van der Waals surface area contributed by atoms with Crippen LogP contribution in [0.4, 0.5) is 0 Å². The molecule has 1 aliphatic rings. The van der Waals surface area contributed by atoms with Crippen molar-refractivity contribution in [2.45, 2.75) is 58.9 Å². The van der Waals surface area contributed by atoms with Gasteiger partial charge in [0.1, 0.15) is 0 Å². The van der Waals surface area contributed by atoms with E-state index in [2.05, 4.69) is 39.1 Å². The molecule has 14 heavy (non-hydrogen) atoms. The summed E-state index contributed by atoms with van der Waals surface area (Å²) < 4.78 is 0. The maximum Gasteiger partial charge on any atom is 0.0166 e. The maximum atomic E-state index is 3.53. The van der Waals surface area contributed by atoms with E-state index in [0.717, 1.165) is 12.5 Å². The van der Waals surface area contributed by atoms with E-state index in [-0.39, 0.29) is 5.54 Å². The molecule has 0 unspecified atom stereocenters. The Morgan fingerprint density at radius 2 is 1.86 bits per heavy atom. The van der Waals surface area contributed by atoms with E-state index in [4.69, 9.17) is 0 Å². The van der Waals surface area contributed by atoms with E-state index in [1.165, 1.54) is 31.3 Å². The summed E-state index contributed by atoms with van der Waals surface area (Å²) in [5, 5.41) is 3.53. The van der Waals surface area contributed by atoms with Gasteiger partial charge in [0.05, 0.1) is 0 Å². The minimum absolute atomic E-state index is 0.241. The molecular weight excluding hydrogens is 170 g/mol. The summed E-state index contributed by atoms with van der Waals surface area (Å²) in [5.74, 6) is 0.872. The van der Waals surface area contributed by atoms with Gasteiger partial charge in [-0.05, 0) is 46.5 Å². The minimum Gasteiger partial charge on any atom is -0.308 e. The van der Waals surface area contributed by atoms with Crippen molar-refractivity contribution >= 4 is 0 Å². The largest absolute Gasteiger partial charge is 0.308 e. The van der Waals surface area contributed by atoms with Gasteiger partial charge < -0.3 is 5.32 Å². The normalized spacial score (nSPS) is 20.4. The van der Waals surface area contributed by atoms with Crippen LogP contribution in [0.3, 0.4) is 0 Å². The Morgan fingerprint density at radius 1 is 1.29 bits per heavy atom. The van der Waals surface area contributed by atoms with Gasteiger partial charge in [0.25, 0.3) is 0 Å². The highest BCUT2D eigenvalue weighted by Crippen LogP contribution is 2.26. The first kappa shape index (κ1) is 11.8. The Morgan fingerprint density at radius 3 is 2.36 bits per heavy atom. The van der Waals surface area contributed by atoms with Crippen LogP contribution in [0.25, 0.3) is 0 Å². The summed E-state index contributed by atoms with van der Waals surface area (Å²) in [7, 11) is 0. The van der Waals surface area contributed by atoms with Gasteiger partial charge in [0, 0.05) is 12.1 Å². The fourth-order valence-corrected chi connectivity index (χ4v) is 1.99. The Kier molecular flexibility index (Phi) is 4.18. The van der Waals surface area contributed by atoms with Crippen LogP contribution in [0.1, 0.15) is 53.4 Å². The molecule has 0 radical (unpaired) electrons. The van der Waals surface area contributed by atoms with Crippen molar-refractivity contribution in [2.24, 2.45) is 5.92 Å². The second-order valence-corrected chi connectivity index (χ2v) is 5.66.